The number of ether oxygens (including phenoxy) is 3. The molecule has 0 fully saturated rings. The Morgan fingerprint density at radius 1 is 1.00 bits per heavy atom. The first-order chi connectivity index (χ1) is 12.8. The van der Waals surface area contributed by atoms with Gasteiger partial charge in [-0.15, -0.1) is 0 Å². The number of hydrogen-bond acceptors (Lipinski definition) is 4. The molecule has 0 unspecified atom stereocenters. The fourth-order valence-electron chi connectivity index (χ4n) is 2.78. The summed E-state index contributed by atoms with van der Waals surface area (Å²) >= 11 is 0. The van der Waals surface area contributed by atoms with Gasteiger partial charge in [-0.05, 0) is 54.8 Å². The van der Waals surface area contributed by atoms with Gasteiger partial charge in [0.2, 0.25) is 0 Å². The first-order valence-corrected chi connectivity index (χ1v) is 9.02. The third-order valence-corrected chi connectivity index (χ3v) is 4.22. The Bertz CT molecular complexity index is 812. The zero-order valence-electron chi connectivity index (χ0n) is 17.0. The van der Waals surface area contributed by atoms with Gasteiger partial charge in [-0.2, -0.15) is 0 Å². The molecular weight excluding hydrogens is 340 g/mol. The van der Waals surface area contributed by atoms with Gasteiger partial charge >= 0.3 is 0 Å². The van der Waals surface area contributed by atoms with Crippen LogP contribution < -0.4 is 14.2 Å². The fourth-order valence-corrected chi connectivity index (χ4v) is 2.78. The second-order valence-electron chi connectivity index (χ2n) is 7.20. The topological polar surface area (TPSA) is 44.8 Å². The zero-order chi connectivity index (χ0) is 20.0. The number of allylic oxidation sites excluding steroid dienone is 1. The van der Waals surface area contributed by atoms with Crippen molar-refractivity contribution in [2.24, 2.45) is 0 Å². The van der Waals surface area contributed by atoms with E-state index in [0.29, 0.717) is 17.9 Å². The normalized spacial score (nSPS) is 11.5. The number of ketones is 1. The van der Waals surface area contributed by atoms with Gasteiger partial charge in [-0.3, -0.25) is 4.79 Å². The SMILES string of the molecule is CCOc1ccc(C(=O)C=Cc2cc(C(C)(C)C)c(OC)cc2OC)cc1. The molecule has 0 aliphatic carbocycles. The Labute approximate surface area is 161 Å². The quantitative estimate of drug-likeness (QED) is 0.492. The van der Waals surface area contributed by atoms with Gasteiger partial charge in [0, 0.05) is 22.8 Å². The summed E-state index contributed by atoms with van der Waals surface area (Å²) in [5.74, 6) is 2.11. The second-order valence-corrected chi connectivity index (χ2v) is 7.20. The van der Waals surface area contributed by atoms with Gasteiger partial charge in [0.15, 0.2) is 5.78 Å². The van der Waals surface area contributed by atoms with Gasteiger partial charge in [0.1, 0.15) is 17.2 Å². The van der Waals surface area contributed by atoms with Crippen LogP contribution >= 0.6 is 0 Å². The lowest BCUT2D eigenvalue weighted by atomic mass is 9.85. The van der Waals surface area contributed by atoms with Crippen LogP contribution in [0.15, 0.2) is 42.5 Å². The van der Waals surface area contributed by atoms with Crippen LogP contribution in [0.2, 0.25) is 0 Å². The molecule has 0 aliphatic rings. The highest BCUT2D eigenvalue weighted by Gasteiger charge is 2.21. The minimum atomic E-state index is -0.0979. The molecule has 27 heavy (non-hydrogen) atoms. The largest absolute Gasteiger partial charge is 0.496 e. The summed E-state index contributed by atoms with van der Waals surface area (Å²) in [6.07, 6.45) is 3.35. The summed E-state index contributed by atoms with van der Waals surface area (Å²) in [7, 11) is 3.26. The maximum absolute atomic E-state index is 12.5. The van der Waals surface area contributed by atoms with Crippen LogP contribution in [0.25, 0.3) is 6.08 Å². The van der Waals surface area contributed by atoms with Crippen LogP contribution in [-0.4, -0.2) is 26.6 Å². The Kier molecular flexibility index (Phi) is 6.67. The molecule has 0 N–H and O–H groups in total. The van der Waals surface area contributed by atoms with E-state index in [1.165, 1.54) is 0 Å². The van der Waals surface area contributed by atoms with E-state index >= 15 is 0 Å². The van der Waals surface area contributed by atoms with E-state index in [2.05, 4.69) is 20.8 Å². The van der Waals surface area contributed by atoms with Gasteiger partial charge in [-0.1, -0.05) is 20.8 Å². The molecule has 2 aromatic carbocycles. The van der Waals surface area contributed by atoms with Crippen molar-refractivity contribution >= 4 is 11.9 Å². The molecule has 0 bridgehead atoms. The third kappa shape index (κ3) is 5.13. The van der Waals surface area contributed by atoms with Crippen LogP contribution in [-0.2, 0) is 5.41 Å². The molecule has 0 amide bonds. The molecule has 0 spiro atoms. The highest BCUT2D eigenvalue weighted by molar-refractivity contribution is 6.07. The smallest absolute Gasteiger partial charge is 0.185 e. The van der Waals surface area contributed by atoms with Crippen molar-refractivity contribution in [1.82, 2.24) is 0 Å². The molecule has 0 aromatic heterocycles. The van der Waals surface area contributed by atoms with Crippen LogP contribution in [0.4, 0.5) is 0 Å². The van der Waals surface area contributed by atoms with Crippen molar-refractivity contribution in [3.8, 4) is 17.2 Å². The Morgan fingerprint density at radius 3 is 2.15 bits per heavy atom. The molecule has 4 heteroatoms. The summed E-state index contributed by atoms with van der Waals surface area (Å²) in [5.41, 5.74) is 2.40. The first kappa shape index (κ1) is 20.6. The fraction of sp³-hybridized carbons (Fsp3) is 0.348. The summed E-state index contributed by atoms with van der Waals surface area (Å²) in [5, 5.41) is 0. The average Bonchev–Trinajstić information content (AvgIpc) is 2.65. The van der Waals surface area contributed by atoms with E-state index in [0.717, 1.165) is 22.6 Å². The van der Waals surface area contributed by atoms with Crippen molar-refractivity contribution in [3.05, 3.63) is 59.2 Å². The molecule has 4 nitrogen and oxygen atoms in total. The number of rotatable bonds is 7. The van der Waals surface area contributed by atoms with Gasteiger partial charge in [0.25, 0.3) is 0 Å². The number of carbonyl (C=O) groups excluding carboxylic acids is 1. The van der Waals surface area contributed by atoms with E-state index < -0.39 is 0 Å². The minimum Gasteiger partial charge on any atom is -0.496 e. The Morgan fingerprint density at radius 2 is 1.63 bits per heavy atom. The van der Waals surface area contributed by atoms with Crippen molar-refractivity contribution in [3.63, 3.8) is 0 Å². The van der Waals surface area contributed by atoms with E-state index in [-0.39, 0.29) is 11.2 Å². The Hall–Kier alpha value is -2.75. The maximum atomic E-state index is 12.5. The zero-order valence-corrected chi connectivity index (χ0v) is 17.0. The predicted molar refractivity (Wildman–Crippen MR) is 109 cm³/mol. The van der Waals surface area contributed by atoms with E-state index in [1.54, 1.807) is 50.6 Å². The lowest BCUT2D eigenvalue weighted by Crippen LogP contribution is -2.13. The van der Waals surface area contributed by atoms with E-state index in [9.17, 15) is 4.79 Å². The third-order valence-electron chi connectivity index (χ3n) is 4.22. The molecule has 0 aliphatic heterocycles. The van der Waals surface area contributed by atoms with E-state index in [1.807, 2.05) is 19.1 Å². The minimum absolute atomic E-state index is 0.0757. The van der Waals surface area contributed by atoms with E-state index in [4.69, 9.17) is 14.2 Å². The molecule has 0 saturated heterocycles. The lowest BCUT2D eigenvalue weighted by molar-refractivity contribution is 0.104. The summed E-state index contributed by atoms with van der Waals surface area (Å²) in [6.45, 7) is 8.89. The van der Waals surface area contributed by atoms with Crippen molar-refractivity contribution in [2.75, 3.05) is 20.8 Å². The summed E-state index contributed by atoms with van der Waals surface area (Å²) < 4.78 is 16.4. The van der Waals surface area contributed by atoms with Crippen LogP contribution in [0.3, 0.4) is 0 Å². The van der Waals surface area contributed by atoms with Gasteiger partial charge < -0.3 is 14.2 Å². The standard InChI is InChI=1S/C23H28O4/c1-7-27-18-11-8-16(9-12-18)20(24)13-10-17-14-19(23(2,3)4)22(26-6)15-21(17)25-5/h8-15H,7H2,1-6H3. The number of carbonyl (C=O) groups is 1. The molecular formula is C23H28O4. The molecule has 0 saturated carbocycles. The number of methoxy groups -OCH3 is 2. The maximum Gasteiger partial charge on any atom is 0.185 e. The molecule has 0 atom stereocenters. The van der Waals surface area contributed by atoms with Crippen LogP contribution in [0.1, 0.15) is 49.2 Å². The number of hydrogen-bond donors (Lipinski definition) is 0. The average molecular weight is 368 g/mol. The Balaban J connectivity index is 2.33. The number of benzene rings is 2. The predicted octanol–water partition coefficient (Wildman–Crippen LogP) is 5.30. The molecule has 2 rings (SSSR count). The lowest BCUT2D eigenvalue weighted by Gasteiger charge is -2.23. The second kappa shape index (κ2) is 8.76. The van der Waals surface area contributed by atoms with Crippen LogP contribution in [0, 0.1) is 0 Å². The molecule has 144 valence electrons. The molecule has 0 radical (unpaired) electrons. The van der Waals surface area contributed by atoms with Gasteiger partial charge in [0.05, 0.1) is 20.8 Å². The highest BCUT2D eigenvalue weighted by Crippen LogP contribution is 2.37. The van der Waals surface area contributed by atoms with Crippen LogP contribution in [0.5, 0.6) is 17.2 Å². The molecule has 2 aromatic rings. The summed E-state index contributed by atoms with van der Waals surface area (Å²) in [4.78, 5) is 12.5. The first-order valence-electron chi connectivity index (χ1n) is 9.02. The van der Waals surface area contributed by atoms with Crippen molar-refractivity contribution in [1.29, 1.82) is 0 Å². The van der Waals surface area contributed by atoms with Gasteiger partial charge in [-0.25, -0.2) is 0 Å². The van der Waals surface area contributed by atoms with Crippen molar-refractivity contribution in [2.45, 2.75) is 33.1 Å². The monoisotopic (exact) mass is 368 g/mol. The van der Waals surface area contributed by atoms with Crippen molar-refractivity contribution < 1.29 is 19.0 Å². The molecule has 0 heterocycles. The summed E-state index contributed by atoms with van der Waals surface area (Å²) in [6, 6.07) is 11.0. The highest BCUT2D eigenvalue weighted by atomic mass is 16.5.